The molecule has 0 aliphatic carbocycles. The fourth-order valence-corrected chi connectivity index (χ4v) is 1.76. The summed E-state index contributed by atoms with van der Waals surface area (Å²) < 4.78 is 12.8. The number of nitrogens with zero attached hydrogens (tertiary/aromatic N) is 1. The fraction of sp³-hybridized carbons (Fsp3) is 0.182. The molecule has 19 heavy (non-hydrogen) atoms. The molecule has 0 bridgehead atoms. The predicted molar refractivity (Wildman–Crippen MR) is 63.2 cm³/mol. The van der Waals surface area contributed by atoms with Crippen LogP contribution in [0.4, 0.5) is 14.9 Å². The van der Waals surface area contributed by atoms with Gasteiger partial charge in [0.05, 0.1) is 12.1 Å². The number of hydrogen-bond acceptors (Lipinski definition) is 4. The van der Waals surface area contributed by atoms with Crippen LogP contribution in [0.1, 0.15) is 6.42 Å². The van der Waals surface area contributed by atoms with Crippen molar-refractivity contribution < 1.29 is 18.8 Å². The molecule has 1 atom stereocenters. The Labute approximate surface area is 107 Å². The Hall–Kier alpha value is -2.48. The maximum Gasteiger partial charge on any atom is 0.326 e. The van der Waals surface area contributed by atoms with Gasteiger partial charge in [0.25, 0.3) is 5.91 Å². The number of hydrogen-bond donors (Lipinski definition) is 3. The van der Waals surface area contributed by atoms with E-state index >= 15 is 0 Å². The second-order valence-electron chi connectivity index (χ2n) is 3.93. The molecule has 100 valence electrons. The number of primary amides is 1. The van der Waals surface area contributed by atoms with Crippen LogP contribution in [0.3, 0.4) is 0 Å². The molecule has 4 N–H and O–H groups in total. The Balaban J connectivity index is 2.14. The van der Waals surface area contributed by atoms with E-state index in [9.17, 15) is 18.8 Å². The lowest BCUT2D eigenvalue weighted by atomic mass is 10.2. The second-order valence-corrected chi connectivity index (χ2v) is 3.93. The van der Waals surface area contributed by atoms with Crippen LogP contribution in [0, 0.1) is 5.82 Å². The van der Waals surface area contributed by atoms with Gasteiger partial charge in [-0.1, -0.05) is 0 Å². The number of hydrazine groups is 1. The van der Waals surface area contributed by atoms with Gasteiger partial charge >= 0.3 is 6.03 Å². The van der Waals surface area contributed by atoms with Crippen molar-refractivity contribution in [3.63, 3.8) is 0 Å². The van der Waals surface area contributed by atoms with Gasteiger partial charge in [-0.05, 0) is 24.3 Å². The molecule has 4 amide bonds. The number of nitrogens with two attached hydrogens (primary N) is 1. The first-order valence-corrected chi connectivity index (χ1v) is 5.42. The van der Waals surface area contributed by atoms with E-state index in [1.807, 2.05) is 5.43 Å². The third-order valence-corrected chi connectivity index (χ3v) is 2.60. The average Bonchev–Trinajstić information content (AvgIpc) is 2.63. The summed E-state index contributed by atoms with van der Waals surface area (Å²) in [6.45, 7) is 0. The first-order chi connectivity index (χ1) is 8.99. The lowest BCUT2D eigenvalue weighted by Gasteiger charge is -2.15. The minimum atomic E-state index is -0.884. The summed E-state index contributed by atoms with van der Waals surface area (Å²) in [7, 11) is 0. The molecule has 1 aromatic rings. The summed E-state index contributed by atoms with van der Waals surface area (Å²) in [4.78, 5) is 35.2. The van der Waals surface area contributed by atoms with Crippen LogP contribution in [0.15, 0.2) is 24.3 Å². The van der Waals surface area contributed by atoms with Crippen molar-refractivity contribution in [3.05, 3.63) is 30.1 Å². The number of amides is 4. The highest BCUT2D eigenvalue weighted by Gasteiger charge is 2.39. The molecule has 1 heterocycles. The number of anilines is 1. The molecular formula is C11H11FN4O3. The molecule has 7 nitrogen and oxygen atoms in total. The topological polar surface area (TPSA) is 105 Å². The summed E-state index contributed by atoms with van der Waals surface area (Å²) in [5, 5.41) is 0. The zero-order chi connectivity index (χ0) is 14.0. The Morgan fingerprint density at radius 3 is 2.53 bits per heavy atom. The van der Waals surface area contributed by atoms with E-state index in [0.717, 1.165) is 17.0 Å². The molecule has 1 aromatic carbocycles. The summed E-state index contributed by atoms with van der Waals surface area (Å²) in [6.07, 6.45) is -0.115. The monoisotopic (exact) mass is 266 g/mol. The standard InChI is InChI=1S/C11H11FN4O3/c12-6-1-3-7(4-2-6)16-9(17)5-8(10(16)18)14-15-11(13)19/h1-4,8,14H,5H2,(H3,13,15,19). The fourth-order valence-electron chi connectivity index (χ4n) is 1.76. The van der Waals surface area contributed by atoms with Crippen molar-refractivity contribution in [2.45, 2.75) is 12.5 Å². The largest absolute Gasteiger partial charge is 0.351 e. The number of urea groups is 1. The van der Waals surface area contributed by atoms with Crippen LogP contribution < -0.4 is 21.5 Å². The summed E-state index contributed by atoms with van der Waals surface area (Å²) in [5.41, 5.74) is 9.54. The molecule has 0 saturated carbocycles. The molecule has 1 aliphatic rings. The van der Waals surface area contributed by atoms with Crippen LogP contribution in [0.25, 0.3) is 0 Å². The SMILES string of the molecule is NC(=O)NNC1CC(=O)N(c2ccc(F)cc2)C1=O. The molecule has 0 aromatic heterocycles. The minimum Gasteiger partial charge on any atom is -0.351 e. The van der Waals surface area contributed by atoms with Gasteiger partial charge in [0, 0.05) is 0 Å². The molecular weight excluding hydrogens is 255 g/mol. The lowest BCUT2D eigenvalue weighted by molar-refractivity contribution is -0.121. The molecule has 8 heteroatoms. The van der Waals surface area contributed by atoms with E-state index < -0.39 is 29.7 Å². The average molecular weight is 266 g/mol. The first-order valence-electron chi connectivity index (χ1n) is 5.42. The number of nitrogens with one attached hydrogen (secondary N) is 2. The molecule has 0 spiro atoms. The number of rotatable bonds is 3. The third-order valence-electron chi connectivity index (χ3n) is 2.60. The predicted octanol–water partition coefficient (Wildman–Crippen LogP) is -0.369. The van der Waals surface area contributed by atoms with Crippen LogP contribution >= 0.6 is 0 Å². The maximum atomic E-state index is 12.8. The molecule has 1 unspecified atom stereocenters. The third kappa shape index (κ3) is 2.68. The highest BCUT2D eigenvalue weighted by molar-refractivity contribution is 6.22. The zero-order valence-electron chi connectivity index (χ0n) is 9.72. The van der Waals surface area contributed by atoms with Crippen molar-refractivity contribution in [1.29, 1.82) is 0 Å². The quantitative estimate of drug-likeness (QED) is 0.513. The molecule has 2 rings (SSSR count). The summed E-state index contributed by atoms with van der Waals surface area (Å²) in [5.74, 6) is -1.45. The highest BCUT2D eigenvalue weighted by Crippen LogP contribution is 2.22. The van der Waals surface area contributed by atoms with Gasteiger partial charge in [-0.25, -0.2) is 19.5 Å². The summed E-state index contributed by atoms with van der Waals surface area (Å²) >= 11 is 0. The maximum absolute atomic E-state index is 12.8. The van der Waals surface area contributed by atoms with E-state index in [1.54, 1.807) is 0 Å². The van der Waals surface area contributed by atoms with Gasteiger partial charge < -0.3 is 5.73 Å². The van der Waals surface area contributed by atoms with Gasteiger partial charge in [-0.2, -0.15) is 0 Å². The Morgan fingerprint density at radius 2 is 1.95 bits per heavy atom. The molecule has 1 fully saturated rings. The van der Waals surface area contributed by atoms with Gasteiger partial charge in [0.1, 0.15) is 11.9 Å². The summed E-state index contributed by atoms with van der Waals surface area (Å²) in [6, 6.07) is 3.21. The van der Waals surface area contributed by atoms with Gasteiger partial charge in [-0.15, -0.1) is 0 Å². The zero-order valence-corrected chi connectivity index (χ0v) is 9.72. The van der Waals surface area contributed by atoms with Crippen LogP contribution in [-0.2, 0) is 9.59 Å². The van der Waals surface area contributed by atoms with Crippen molar-refractivity contribution in [3.8, 4) is 0 Å². The number of carbonyl (C=O) groups excluding carboxylic acids is 3. The number of benzene rings is 1. The number of carbonyl (C=O) groups is 3. The van der Waals surface area contributed by atoms with Crippen molar-refractivity contribution in [2.75, 3.05) is 4.90 Å². The number of imide groups is 1. The van der Waals surface area contributed by atoms with Crippen LogP contribution in [0.5, 0.6) is 0 Å². The van der Waals surface area contributed by atoms with Crippen molar-refractivity contribution in [2.24, 2.45) is 5.73 Å². The van der Waals surface area contributed by atoms with E-state index in [2.05, 4.69) is 5.43 Å². The minimum absolute atomic E-state index is 0.115. The first kappa shape index (κ1) is 13.0. The van der Waals surface area contributed by atoms with Gasteiger partial charge in [0.2, 0.25) is 5.91 Å². The van der Waals surface area contributed by atoms with E-state index in [4.69, 9.17) is 5.73 Å². The van der Waals surface area contributed by atoms with E-state index in [1.165, 1.54) is 12.1 Å². The molecule has 0 radical (unpaired) electrons. The Morgan fingerprint density at radius 1 is 1.32 bits per heavy atom. The van der Waals surface area contributed by atoms with Gasteiger partial charge in [0.15, 0.2) is 0 Å². The van der Waals surface area contributed by atoms with Crippen LogP contribution in [0.2, 0.25) is 0 Å². The second kappa shape index (κ2) is 5.02. The highest BCUT2D eigenvalue weighted by atomic mass is 19.1. The van der Waals surface area contributed by atoms with E-state index in [-0.39, 0.29) is 12.1 Å². The smallest absolute Gasteiger partial charge is 0.326 e. The lowest BCUT2D eigenvalue weighted by Crippen LogP contribution is -2.50. The Kier molecular flexibility index (Phi) is 3.43. The number of halogens is 1. The molecule has 1 saturated heterocycles. The van der Waals surface area contributed by atoms with Gasteiger partial charge in [-0.3, -0.25) is 15.0 Å². The van der Waals surface area contributed by atoms with E-state index in [0.29, 0.717) is 0 Å². The normalized spacial score (nSPS) is 18.8. The van der Waals surface area contributed by atoms with Crippen LogP contribution in [-0.4, -0.2) is 23.9 Å². The molecule has 1 aliphatic heterocycles. The van der Waals surface area contributed by atoms with Crippen molar-refractivity contribution >= 4 is 23.5 Å². The Bertz CT molecular complexity index is 531. The van der Waals surface area contributed by atoms with Crippen molar-refractivity contribution in [1.82, 2.24) is 10.9 Å².